The van der Waals surface area contributed by atoms with Gasteiger partial charge < -0.3 is 14.4 Å². The lowest BCUT2D eigenvalue weighted by Gasteiger charge is -2.15. The summed E-state index contributed by atoms with van der Waals surface area (Å²) in [5.41, 5.74) is -0.540. The van der Waals surface area contributed by atoms with Crippen molar-refractivity contribution in [3.63, 3.8) is 0 Å². The summed E-state index contributed by atoms with van der Waals surface area (Å²) in [6, 6.07) is 0. The van der Waals surface area contributed by atoms with Crippen LogP contribution in [0.2, 0.25) is 0 Å². The Labute approximate surface area is 89.1 Å². The molecule has 1 N–H and O–H groups in total. The molecule has 0 spiro atoms. The lowest BCUT2D eigenvalue weighted by atomic mass is 10.5. The Balaban J connectivity index is 3.80. The number of ether oxygens (including phenoxy) is 2. The van der Waals surface area contributed by atoms with E-state index in [4.69, 9.17) is 0 Å². The highest BCUT2D eigenvalue weighted by Gasteiger charge is 2.25. The lowest BCUT2D eigenvalue weighted by molar-refractivity contribution is -0.0113. The highest BCUT2D eigenvalue weighted by atomic mass is 31.2. The van der Waals surface area contributed by atoms with Gasteiger partial charge in [0.05, 0.1) is 11.8 Å². The molecule has 0 saturated carbocycles. The molecule has 0 saturated heterocycles. The summed E-state index contributed by atoms with van der Waals surface area (Å²) < 4.78 is 24.8. The molecule has 0 aliphatic rings. The van der Waals surface area contributed by atoms with Gasteiger partial charge in [-0.3, -0.25) is 9.09 Å². The Hall–Kier alpha value is -0.580. The summed E-state index contributed by atoms with van der Waals surface area (Å²) in [7, 11) is -3.69. The molecule has 0 aliphatic carbocycles. The second-order valence-corrected chi connectivity index (χ2v) is 5.89. The average Bonchev–Trinajstić information content (AvgIpc) is 2.01. The Kier molecular flexibility index (Phi) is 5.87. The van der Waals surface area contributed by atoms with Gasteiger partial charge >= 0.3 is 13.8 Å². The maximum atomic E-state index is 11.2. The van der Waals surface area contributed by atoms with E-state index in [1.165, 1.54) is 13.8 Å². The molecule has 0 aliphatic heterocycles. The fraction of sp³-hybridized carbons (Fsp3) is 0.875. The zero-order valence-corrected chi connectivity index (χ0v) is 10.2. The Morgan fingerprint density at radius 2 is 1.87 bits per heavy atom. The van der Waals surface area contributed by atoms with Crippen molar-refractivity contribution in [2.75, 3.05) is 6.79 Å². The standard InChI is InChI=1S/C8H17O6P/c1-6(2)14-8(9)12-5-13-15(10,11)7(3)4/h6-7H,5H2,1-4H3,(H,10,11). The molecule has 1 atom stereocenters. The maximum Gasteiger partial charge on any atom is 0.510 e. The first kappa shape index (κ1) is 14.4. The van der Waals surface area contributed by atoms with Crippen LogP contribution in [-0.2, 0) is 18.6 Å². The van der Waals surface area contributed by atoms with Crippen LogP contribution in [0.25, 0.3) is 0 Å². The van der Waals surface area contributed by atoms with Crippen molar-refractivity contribution in [1.82, 2.24) is 0 Å². The van der Waals surface area contributed by atoms with Crippen molar-refractivity contribution >= 4 is 13.8 Å². The quantitative estimate of drug-likeness (QED) is 0.450. The van der Waals surface area contributed by atoms with Gasteiger partial charge in [-0.1, -0.05) is 13.8 Å². The van der Waals surface area contributed by atoms with Crippen molar-refractivity contribution < 1.29 is 28.3 Å². The molecular formula is C8H17O6P. The number of hydrogen-bond acceptors (Lipinski definition) is 5. The van der Waals surface area contributed by atoms with Gasteiger partial charge in [-0.2, -0.15) is 0 Å². The first-order valence-electron chi connectivity index (χ1n) is 4.56. The van der Waals surface area contributed by atoms with Crippen molar-refractivity contribution in [2.45, 2.75) is 39.5 Å². The molecule has 0 aromatic heterocycles. The van der Waals surface area contributed by atoms with Gasteiger partial charge in [0.2, 0.25) is 6.79 Å². The summed E-state index contributed by atoms with van der Waals surface area (Å²) >= 11 is 0. The molecule has 0 rings (SSSR count). The third kappa shape index (κ3) is 6.49. The van der Waals surface area contributed by atoms with E-state index in [1.807, 2.05) is 0 Å². The summed E-state index contributed by atoms with van der Waals surface area (Å²) in [5, 5.41) is 0. The number of carbonyl (C=O) groups excluding carboxylic acids is 1. The van der Waals surface area contributed by atoms with Crippen LogP contribution in [0.1, 0.15) is 27.7 Å². The third-order valence-electron chi connectivity index (χ3n) is 1.40. The van der Waals surface area contributed by atoms with Crippen LogP contribution < -0.4 is 0 Å². The van der Waals surface area contributed by atoms with E-state index in [9.17, 15) is 14.3 Å². The molecule has 0 radical (unpaired) electrons. The number of rotatable bonds is 5. The highest BCUT2D eigenvalue weighted by molar-refractivity contribution is 7.53. The minimum absolute atomic E-state index is 0.302. The monoisotopic (exact) mass is 240 g/mol. The smallest absolute Gasteiger partial charge is 0.432 e. The minimum Gasteiger partial charge on any atom is -0.432 e. The molecule has 7 heteroatoms. The summed E-state index contributed by atoms with van der Waals surface area (Å²) in [6.45, 7) is 5.80. The van der Waals surface area contributed by atoms with Gasteiger partial charge in [-0.15, -0.1) is 0 Å². The fourth-order valence-corrected chi connectivity index (χ4v) is 1.03. The van der Waals surface area contributed by atoms with Crippen LogP contribution in [0.5, 0.6) is 0 Å². The van der Waals surface area contributed by atoms with Gasteiger partial charge in [-0.25, -0.2) is 4.79 Å². The predicted octanol–water partition coefficient (Wildman–Crippen LogP) is 2.12. The van der Waals surface area contributed by atoms with Gasteiger partial charge in [0.15, 0.2) is 0 Å². The molecule has 0 fully saturated rings. The SMILES string of the molecule is CC(C)OC(=O)OCOP(=O)(O)C(C)C. The van der Waals surface area contributed by atoms with E-state index in [1.54, 1.807) is 13.8 Å². The van der Waals surface area contributed by atoms with Crippen molar-refractivity contribution in [2.24, 2.45) is 0 Å². The van der Waals surface area contributed by atoms with Gasteiger partial charge in [0.25, 0.3) is 0 Å². The highest BCUT2D eigenvalue weighted by Crippen LogP contribution is 2.46. The van der Waals surface area contributed by atoms with Crippen LogP contribution in [0.15, 0.2) is 0 Å². The molecule has 0 aromatic carbocycles. The van der Waals surface area contributed by atoms with Crippen LogP contribution in [0, 0.1) is 0 Å². The zero-order valence-electron chi connectivity index (χ0n) is 9.30. The molecule has 0 heterocycles. The summed E-state index contributed by atoms with van der Waals surface area (Å²) in [5.74, 6) is 0. The Morgan fingerprint density at radius 3 is 2.27 bits per heavy atom. The minimum atomic E-state index is -3.69. The van der Waals surface area contributed by atoms with Crippen LogP contribution in [0.3, 0.4) is 0 Å². The molecule has 6 nitrogen and oxygen atoms in total. The lowest BCUT2D eigenvalue weighted by Crippen LogP contribution is -2.15. The number of carbonyl (C=O) groups is 1. The van der Waals surface area contributed by atoms with E-state index in [0.29, 0.717) is 0 Å². The molecular weight excluding hydrogens is 223 g/mol. The Morgan fingerprint density at radius 1 is 1.33 bits per heavy atom. The molecule has 0 aromatic rings. The average molecular weight is 240 g/mol. The molecule has 90 valence electrons. The molecule has 1 unspecified atom stereocenters. The van der Waals surface area contributed by atoms with Crippen molar-refractivity contribution in [3.05, 3.63) is 0 Å². The van der Waals surface area contributed by atoms with E-state index in [0.717, 1.165) is 0 Å². The first-order valence-corrected chi connectivity index (χ1v) is 6.20. The van der Waals surface area contributed by atoms with Crippen LogP contribution in [-0.4, -0.2) is 29.6 Å². The third-order valence-corrected chi connectivity index (χ3v) is 3.18. The molecule has 0 amide bonds. The van der Waals surface area contributed by atoms with E-state index < -0.39 is 26.2 Å². The molecule has 15 heavy (non-hydrogen) atoms. The second-order valence-electron chi connectivity index (χ2n) is 3.47. The fourth-order valence-electron chi connectivity index (χ4n) is 0.526. The maximum absolute atomic E-state index is 11.2. The number of hydrogen-bond donors (Lipinski definition) is 1. The summed E-state index contributed by atoms with van der Waals surface area (Å²) in [6.07, 6.45) is -1.22. The zero-order chi connectivity index (χ0) is 12.1. The first-order chi connectivity index (χ1) is 6.75. The van der Waals surface area contributed by atoms with E-state index in [-0.39, 0.29) is 6.10 Å². The van der Waals surface area contributed by atoms with Crippen LogP contribution >= 0.6 is 7.60 Å². The largest absolute Gasteiger partial charge is 0.510 e. The van der Waals surface area contributed by atoms with Gasteiger partial charge in [0.1, 0.15) is 0 Å². The van der Waals surface area contributed by atoms with Gasteiger partial charge in [0, 0.05) is 0 Å². The Bertz CT molecular complexity index is 250. The van der Waals surface area contributed by atoms with Crippen molar-refractivity contribution in [1.29, 1.82) is 0 Å². The van der Waals surface area contributed by atoms with E-state index >= 15 is 0 Å². The van der Waals surface area contributed by atoms with E-state index in [2.05, 4.69) is 14.0 Å². The van der Waals surface area contributed by atoms with Crippen LogP contribution in [0.4, 0.5) is 4.79 Å². The topological polar surface area (TPSA) is 82.1 Å². The second kappa shape index (κ2) is 6.10. The summed E-state index contributed by atoms with van der Waals surface area (Å²) in [4.78, 5) is 20.0. The van der Waals surface area contributed by atoms with Crippen molar-refractivity contribution in [3.8, 4) is 0 Å². The normalized spacial score (nSPS) is 15.1. The van der Waals surface area contributed by atoms with Gasteiger partial charge in [-0.05, 0) is 13.8 Å². The predicted molar refractivity (Wildman–Crippen MR) is 53.6 cm³/mol. The molecule has 0 bridgehead atoms.